The average molecular weight is 446 g/mol. The number of nitrogens with zero attached hydrogens (tertiary/aromatic N) is 4. The first-order chi connectivity index (χ1) is 15.1. The molecule has 1 heterocycles. The number of aromatic nitrogens is 2. The van der Waals surface area contributed by atoms with E-state index >= 15 is 0 Å². The van der Waals surface area contributed by atoms with E-state index in [1.807, 2.05) is 27.7 Å². The van der Waals surface area contributed by atoms with Gasteiger partial charge in [-0.25, -0.2) is 9.88 Å². The van der Waals surface area contributed by atoms with Gasteiger partial charge < -0.3 is 15.2 Å². The second-order valence-electron chi connectivity index (χ2n) is 7.54. The summed E-state index contributed by atoms with van der Waals surface area (Å²) < 4.78 is 5.80. The standard InChI is InChI=1S/C23H35N5O4/c1-8-9-20(14-29)26-22-21(13-25-23(27-22)28(18(6)30)19(7)31)32-11-10-24-12-16(4)17(5)15(2)3/h12-13,20,29H,2,8-11,14H2,1,3-7H3,(H,25,26,27)/b17-16-,24-12?. The second kappa shape index (κ2) is 13.4. The second-order valence-corrected chi connectivity index (χ2v) is 7.54. The molecule has 1 unspecified atom stereocenters. The van der Waals surface area contributed by atoms with Crippen molar-refractivity contribution in [2.45, 2.75) is 60.4 Å². The van der Waals surface area contributed by atoms with Gasteiger partial charge in [0.15, 0.2) is 11.6 Å². The van der Waals surface area contributed by atoms with Crippen molar-refractivity contribution >= 4 is 29.8 Å². The Morgan fingerprint density at radius 1 is 1.28 bits per heavy atom. The molecule has 176 valence electrons. The van der Waals surface area contributed by atoms with Crippen molar-refractivity contribution in [1.29, 1.82) is 0 Å². The first kappa shape index (κ1) is 27.0. The third-order valence-corrected chi connectivity index (χ3v) is 4.77. The minimum Gasteiger partial charge on any atom is -0.486 e. The van der Waals surface area contributed by atoms with Crippen LogP contribution in [0.15, 0.2) is 34.5 Å². The van der Waals surface area contributed by atoms with Crippen LogP contribution < -0.4 is 15.0 Å². The van der Waals surface area contributed by atoms with Crippen LogP contribution in [0.2, 0.25) is 0 Å². The van der Waals surface area contributed by atoms with E-state index < -0.39 is 11.8 Å². The van der Waals surface area contributed by atoms with E-state index in [4.69, 9.17) is 4.74 Å². The first-order valence-electron chi connectivity index (χ1n) is 10.6. The van der Waals surface area contributed by atoms with Crippen LogP contribution in [0.4, 0.5) is 11.8 Å². The number of allylic oxidation sites excluding steroid dienone is 3. The molecule has 0 aliphatic carbocycles. The number of aliphatic hydroxyl groups excluding tert-OH is 1. The lowest BCUT2D eigenvalue weighted by molar-refractivity contribution is -0.124. The number of amides is 2. The predicted octanol–water partition coefficient (Wildman–Crippen LogP) is 3.31. The summed E-state index contributed by atoms with van der Waals surface area (Å²) in [7, 11) is 0. The van der Waals surface area contributed by atoms with Gasteiger partial charge in [-0.2, -0.15) is 4.98 Å². The summed E-state index contributed by atoms with van der Waals surface area (Å²) >= 11 is 0. The summed E-state index contributed by atoms with van der Waals surface area (Å²) in [6.07, 6.45) is 4.75. The molecule has 9 heteroatoms. The smallest absolute Gasteiger partial charge is 0.241 e. The highest BCUT2D eigenvalue weighted by Crippen LogP contribution is 2.25. The quantitative estimate of drug-likeness (QED) is 0.288. The molecule has 9 nitrogen and oxygen atoms in total. The topological polar surface area (TPSA) is 117 Å². The highest BCUT2D eigenvalue weighted by molar-refractivity contribution is 6.11. The van der Waals surface area contributed by atoms with Crippen LogP contribution in [-0.4, -0.2) is 58.9 Å². The Balaban J connectivity index is 3.05. The Morgan fingerprint density at radius 2 is 1.94 bits per heavy atom. The minimum absolute atomic E-state index is 0.0536. The SMILES string of the molecule is C=C(C)/C(C)=C(/C)C=NCCOc1cnc(N(C(C)=O)C(C)=O)nc1NC(CO)CCC. The van der Waals surface area contributed by atoms with Gasteiger partial charge in [-0.05, 0) is 38.3 Å². The van der Waals surface area contributed by atoms with Crippen molar-refractivity contribution in [3.63, 3.8) is 0 Å². The summed E-state index contributed by atoms with van der Waals surface area (Å²) in [6.45, 7) is 15.0. The fourth-order valence-electron chi connectivity index (χ4n) is 2.78. The van der Waals surface area contributed by atoms with Crippen molar-refractivity contribution in [2.24, 2.45) is 4.99 Å². The molecule has 0 fully saturated rings. The van der Waals surface area contributed by atoms with Crippen molar-refractivity contribution in [1.82, 2.24) is 9.97 Å². The zero-order valence-corrected chi connectivity index (χ0v) is 19.9. The molecule has 1 aromatic heterocycles. The number of ether oxygens (including phenoxy) is 1. The number of anilines is 2. The summed E-state index contributed by atoms with van der Waals surface area (Å²) in [5.74, 6) is -0.398. The fraction of sp³-hybridized carbons (Fsp3) is 0.522. The van der Waals surface area contributed by atoms with E-state index in [-0.39, 0.29) is 25.2 Å². The molecule has 0 saturated heterocycles. The number of carbonyl (C=O) groups is 2. The maximum absolute atomic E-state index is 11.9. The van der Waals surface area contributed by atoms with Crippen LogP contribution in [0.5, 0.6) is 5.75 Å². The van der Waals surface area contributed by atoms with Crippen LogP contribution in [0.3, 0.4) is 0 Å². The summed E-state index contributed by atoms with van der Waals surface area (Å²) in [4.78, 5) is 37.4. The molecule has 1 atom stereocenters. The van der Waals surface area contributed by atoms with Gasteiger partial charge in [0.05, 0.1) is 25.4 Å². The van der Waals surface area contributed by atoms with E-state index in [9.17, 15) is 14.7 Å². The lowest BCUT2D eigenvalue weighted by Crippen LogP contribution is -2.35. The molecule has 0 saturated carbocycles. The lowest BCUT2D eigenvalue weighted by atomic mass is 10.1. The zero-order chi connectivity index (χ0) is 24.3. The Hall–Kier alpha value is -3.07. The molecule has 2 N–H and O–H groups in total. The maximum atomic E-state index is 11.9. The number of rotatable bonds is 12. The third kappa shape index (κ3) is 8.22. The molecule has 2 amide bonds. The number of carbonyl (C=O) groups excluding carboxylic acids is 2. The van der Waals surface area contributed by atoms with Crippen molar-refractivity contribution in [3.05, 3.63) is 29.5 Å². The highest BCUT2D eigenvalue weighted by atomic mass is 16.5. The fourth-order valence-corrected chi connectivity index (χ4v) is 2.78. The van der Waals surface area contributed by atoms with E-state index in [1.54, 1.807) is 6.21 Å². The molecule has 0 radical (unpaired) electrons. The normalized spacial score (nSPS) is 12.8. The van der Waals surface area contributed by atoms with Crippen LogP contribution in [-0.2, 0) is 9.59 Å². The van der Waals surface area contributed by atoms with Gasteiger partial charge in [0.25, 0.3) is 0 Å². The van der Waals surface area contributed by atoms with Crippen LogP contribution in [0, 0.1) is 0 Å². The average Bonchev–Trinajstić information content (AvgIpc) is 2.72. The van der Waals surface area contributed by atoms with E-state index in [1.165, 1.54) is 20.0 Å². The van der Waals surface area contributed by atoms with E-state index in [0.717, 1.165) is 28.0 Å². The van der Waals surface area contributed by atoms with Gasteiger partial charge in [-0.15, -0.1) is 0 Å². The van der Waals surface area contributed by atoms with Crippen LogP contribution in [0.1, 0.15) is 54.4 Å². The van der Waals surface area contributed by atoms with Crippen LogP contribution in [0.25, 0.3) is 0 Å². The predicted molar refractivity (Wildman–Crippen MR) is 127 cm³/mol. The number of hydrogen-bond donors (Lipinski definition) is 2. The molecule has 32 heavy (non-hydrogen) atoms. The molecule has 0 aromatic carbocycles. The number of aliphatic imine (C=N–C) groups is 1. The van der Waals surface area contributed by atoms with Crippen LogP contribution >= 0.6 is 0 Å². The van der Waals surface area contributed by atoms with E-state index in [2.05, 4.69) is 26.9 Å². The van der Waals surface area contributed by atoms with Gasteiger partial charge in [0.2, 0.25) is 17.8 Å². The summed E-state index contributed by atoms with van der Waals surface area (Å²) in [5.41, 5.74) is 3.12. The first-order valence-corrected chi connectivity index (χ1v) is 10.6. The Bertz CT molecular complexity index is 865. The zero-order valence-electron chi connectivity index (χ0n) is 19.9. The number of hydrogen-bond acceptors (Lipinski definition) is 8. The van der Waals surface area contributed by atoms with Crippen molar-refractivity contribution in [2.75, 3.05) is 30.0 Å². The number of aliphatic hydroxyl groups is 1. The lowest BCUT2D eigenvalue weighted by Gasteiger charge is -2.21. The van der Waals surface area contributed by atoms with Gasteiger partial charge in [0, 0.05) is 20.1 Å². The molecule has 0 spiro atoms. The monoisotopic (exact) mass is 445 g/mol. The largest absolute Gasteiger partial charge is 0.486 e. The summed E-state index contributed by atoms with van der Waals surface area (Å²) in [5, 5.41) is 12.8. The summed E-state index contributed by atoms with van der Waals surface area (Å²) in [6, 6.07) is -0.260. The van der Waals surface area contributed by atoms with Gasteiger partial charge in [0.1, 0.15) is 6.61 Å². The van der Waals surface area contributed by atoms with Gasteiger partial charge in [-0.1, -0.05) is 25.5 Å². The third-order valence-electron chi connectivity index (χ3n) is 4.77. The number of imide groups is 1. The molecule has 0 aliphatic heterocycles. The molecule has 0 aliphatic rings. The maximum Gasteiger partial charge on any atom is 0.241 e. The molecule has 1 aromatic rings. The Morgan fingerprint density at radius 3 is 2.47 bits per heavy atom. The Labute approximate surface area is 190 Å². The van der Waals surface area contributed by atoms with E-state index in [0.29, 0.717) is 24.5 Å². The number of nitrogens with one attached hydrogen (secondary N) is 1. The van der Waals surface area contributed by atoms with Crippen molar-refractivity contribution in [3.8, 4) is 5.75 Å². The Kier molecular flexibility index (Phi) is 11.3. The van der Waals surface area contributed by atoms with Gasteiger partial charge >= 0.3 is 0 Å². The molecular formula is C23H35N5O4. The molecular weight excluding hydrogens is 410 g/mol. The highest BCUT2D eigenvalue weighted by Gasteiger charge is 2.22. The minimum atomic E-state index is -0.493. The molecule has 1 rings (SSSR count). The molecule has 0 bridgehead atoms. The van der Waals surface area contributed by atoms with Gasteiger partial charge in [-0.3, -0.25) is 14.6 Å². The van der Waals surface area contributed by atoms with Crippen molar-refractivity contribution < 1.29 is 19.4 Å².